The summed E-state index contributed by atoms with van der Waals surface area (Å²) in [6, 6.07) is 17.6. The summed E-state index contributed by atoms with van der Waals surface area (Å²) in [5, 5.41) is 12.6. The second-order valence-corrected chi connectivity index (χ2v) is 8.39. The topological polar surface area (TPSA) is 77.0 Å². The van der Waals surface area contributed by atoms with Crippen molar-refractivity contribution in [1.82, 2.24) is 25.1 Å². The normalized spacial score (nSPS) is 11.0. The lowest BCUT2D eigenvalue weighted by Gasteiger charge is -2.21. The van der Waals surface area contributed by atoms with Gasteiger partial charge in [-0.05, 0) is 42.8 Å². The van der Waals surface area contributed by atoms with Crippen LogP contribution in [0.2, 0.25) is 0 Å². The van der Waals surface area contributed by atoms with Crippen molar-refractivity contribution in [3.8, 4) is 11.4 Å². The van der Waals surface area contributed by atoms with E-state index in [9.17, 15) is 4.79 Å². The van der Waals surface area contributed by atoms with E-state index in [0.717, 1.165) is 16.2 Å². The number of hydrogen-bond acceptors (Lipinski definition) is 6. The molecule has 7 nitrogen and oxygen atoms in total. The van der Waals surface area contributed by atoms with Crippen LogP contribution in [0, 0.1) is 6.92 Å². The Morgan fingerprint density at radius 1 is 1.10 bits per heavy atom. The maximum Gasteiger partial charge on any atom is 0.223 e. The number of aryl methyl sites for hydroxylation is 2. The molecule has 0 aliphatic carbocycles. The average Bonchev–Trinajstić information content (AvgIpc) is 3.51. The van der Waals surface area contributed by atoms with E-state index in [1.807, 2.05) is 47.4 Å². The number of benzene rings is 1. The number of nitrogens with zero attached hydrogens (tertiary/aromatic N) is 5. The fourth-order valence-corrected chi connectivity index (χ4v) is 4.06. The third-order valence-corrected chi connectivity index (χ3v) is 5.64. The zero-order valence-electron chi connectivity index (χ0n) is 16.8. The highest BCUT2D eigenvalue weighted by atomic mass is 32.1. The molecule has 4 rings (SSSR count). The van der Waals surface area contributed by atoms with Crippen molar-refractivity contribution in [2.45, 2.75) is 39.4 Å². The highest BCUT2D eigenvalue weighted by molar-refractivity contribution is 7.11. The fraction of sp³-hybridized carbons (Fsp3) is 0.273. The van der Waals surface area contributed by atoms with Gasteiger partial charge in [0.25, 0.3) is 0 Å². The van der Waals surface area contributed by atoms with Crippen LogP contribution in [0.1, 0.15) is 28.4 Å². The van der Waals surface area contributed by atoms with Gasteiger partial charge in [-0.3, -0.25) is 4.79 Å². The number of amides is 1. The van der Waals surface area contributed by atoms with Gasteiger partial charge >= 0.3 is 0 Å². The molecule has 0 aliphatic heterocycles. The van der Waals surface area contributed by atoms with Gasteiger partial charge in [0.1, 0.15) is 5.76 Å². The molecule has 1 aromatic carbocycles. The van der Waals surface area contributed by atoms with Gasteiger partial charge in [0.05, 0.1) is 25.9 Å². The highest BCUT2D eigenvalue weighted by Crippen LogP contribution is 2.20. The lowest BCUT2D eigenvalue weighted by atomic mass is 10.2. The highest BCUT2D eigenvalue weighted by Gasteiger charge is 2.17. The number of rotatable bonds is 9. The van der Waals surface area contributed by atoms with Crippen LogP contribution in [0.25, 0.3) is 11.4 Å². The summed E-state index contributed by atoms with van der Waals surface area (Å²) in [5.74, 6) is 1.46. The Hall–Kier alpha value is -3.26. The molecule has 0 spiro atoms. The minimum absolute atomic E-state index is 0.0841. The van der Waals surface area contributed by atoms with Gasteiger partial charge in [0.15, 0.2) is 0 Å². The first-order valence-corrected chi connectivity index (χ1v) is 10.7. The van der Waals surface area contributed by atoms with Gasteiger partial charge in [0.2, 0.25) is 11.7 Å². The Morgan fingerprint density at radius 2 is 1.97 bits per heavy atom. The quantitative estimate of drug-likeness (QED) is 0.402. The van der Waals surface area contributed by atoms with Gasteiger partial charge in [-0.15, -0.1) is 21.5 Å². The summed E-state index contributed by atoms with van der Waals surface area (Å²) in [6.45, 7) is 3.65. The molecule has 0 atom stereocenters. The minimum atomic E-state index is 0.0841. The number of furan rings is 1. The maximum absolute atomic E-state index is 12.9. The van der Waals surface area contributed by atoms with Gasteiger partial charge in [-0.1, -0.05) is 30.3 Å². The zero-order chi connectivity index (χ0) is 20.8. The molecule has 0 aliphatic rings. The monoisotopic (exact) mass is 421 g/mol. The Bertz CT molecular complexity index is 1070. The second kappa shape index (κ2) is 9.49. The molecule has 0 unspecified atom stereocenters. The summed E-state index contributed by atoms with van der Waals surface area (Å²) < 4.78 is 5.45. The molecule has 0 saturated heterocycles. The molecule has 0 bridgehead atoms. The van der Waals surface area contributed by atoms with Crippen LogP contribution in [0.15, 0.2) is 65.3 Å². The summed E-state index contributed by atoms with van der Waals surface area (Å²) in [6.07, 6.45) is 2.68. The Balaban J connectivity index is 1.34. The van der Waals surface area contributed by atoms with E-state index in [0.29, 0.717) is 38.3 Å². The number of carbonyl (C=O) groups excluding carboxylic acids is 1. The third kappa shape index (κ3) is 5.21. The van der Waals surface area contributed by atoms with Crippen molar-refractivity contribution in [3.63, 3.8) is 0 Å². The molecule has 3 heterocycles. The summed E-state index contributed by atoms with van der Waals surface area (Å²) >= 11 is 1.71. The van der Waals surface area contributed by atoms with E-state index < -0.39 is 0 Å². The van der Waals surface area contributed by atoms with Gasteiger partial charge in [-0.2, -0.15) is 4.80 Å². The van der Waals surface area contributed by atoms with Crippen LogP contribution >= 0.6 is 11.3 Å². The molecule has 4 aromatic rings. The molecular weight excluding hydrogens is 398 g/mol. The van der Waals surface area contributed by atoms with Crippen molar-refractivity contribution in [2.75, 3.05) is 0 Å². The molecule has 0 N–H and O–H groups in total. The third-order valence-electron chi connectivity index (χ3n) is 4.66. The van der Waals surface area contributed by atoms with Crippen molar-refractivity contribution in [1.29, 1.82) is 0 Å². The van der Waals surface area contributed by atoms with Crippen molar-refractivity contribution >= 4 is 17.2 Å². The predicted octanol–water partition coefficient (Wildman–Crippen LogP) is 4.31. The van der Waals surface area contributed by atoms with Crippen molar-refractivity contribution in [2.24, 2.45) is 0 Å². The average molecular weight is 422 g/mol. The molecule has 154 valence electrons. The van der Waals surface area contributed by atoms with Crippen LogP contribution in [-0.4, -0.2) is 31.0 Å². The zero-order valence-corrected chi connectivity index (χ0v) is 17.6. The molecule has 0 saturated carbocycles. The Kier molecular flexibility index (Phi) is 6.34. The second-order valence-electron chi connectivity index (χ2n) is 7.02. The van der Waals surface area contributed by atoms with E-state index in [2.05, 4.69) is 34.5 Å². The van der Waals surface area contributed by atoms with E-state index in [1.165, 1.54) is 4.88 Å². The summed E-state index contributed by atoms with van der Waals surface area (Å²) in [7, 11) is 0. The Labute approximate surface area is 178 Å². The predicted molar refractivity (Wildman–Crippen MR) is 115 cm³/mol. The first-order chi connectivity index (χ1) is 14.7. The van der Waals surface area contributed by atoms with Gasteiger partial charge in [0, 0.05) is 21.7 Å². The number of carbonyl (C=O) groups is 1. The largest absolute Gasteiger partial charge is 0.467 e. The van der Waals surface area contributed by atoms with Crippen molar-refractivity contribution in [3.05, 3.63) is 76.4 Å². The number of aromatic nitrogens is 4. The Morgan fingerprint density at radius 3 is 2.70 bits per heavy atom. The van der Waals surface area contributed by atoms with E-state index in [-0.39, 0.29) is 5.91 Å². The van der Waals surface area contributed by atoms with E-state index in [4.69, 9.17) is 4.42 Å². The molecule has 3 aromatic heterocycles. The molecule has 0 fully saturated rings. The SMILES string of the molecule is Cc1ccc(CN(Cc2ccco2)C(=O)CCCn2nnc(-c3ccccc3)n2)s1. The number of tetrazole rings is 1. The van der Waals surface area contributed by atoms with E-state index >= 15 is 0 Å². The molecule has 8 heteroatoms. The number of hydrogen-bond donors (Lipinski definition) is 0. The van der Waals surface area contributed by atoms with Crippen LogP contribution < -0.4 is 0 Å². The first-order valence-electron chi connectivity index (χ1n) is 9.86. The molecule has 30 heavy (non-hydrogen) atoms. The van der Waals surface area contributed by atoms with Crippen LogP contribution in [0.3, 0.4) is 0 Å². The lowest BCUT2D eigenvalue weighted by molar-refractivity contribution is -0.132. The minimum Gasteiger partial charge on any atom is -0.467 e. The van der Waals surface area contributed by atoms with Crippen LogP contribution in [-0.2, 0) is 24.4 Å². The smallest absolute Gasteiger partial charge is 0.223 e. The van der Waals surface area contributed by atoms with Crippen LogP contribution in [0.4, 0.5) is 0 Å². The molecule has 1 amide bonds. The van der Waals surface area contributed by atoms with E-state index in [1.54, 1.807) is 22.4 Å². The standard InChI is InChI=1S/C22H23N5O2S/c1-17-11-12-20(30-17)16-26(15-19-9-6-14-29-19)21(28)10-5-13-27-24-22(23-25-27)18-7-3-2-4-8-18/h2-4,6-9,11-12,14H,5,10,13,15-16H2,1H3. The lowest BCUT2D eigenvalue weighted by Crippen LogP contribution is -2.29. The fourth-order valence-electron chi connectivity index (χ4n) is 3.15. The maximum atomic E-state index is 12.9. The first kappa shape index (κ1) is 20.0. The number of thiophene rings is 1. The van der Waals surface area contributed by atoms with Crippen molar-refractivity contribution < 1.29 is 9.21 Å². The summed E-state index contributed by atoms with van der Waals surface area (Å²) in [4.78, 5) is 18.7. The molecule has 0 radical (unpaired) electrons. The van der Waals surface area contributed by atoms with Gasteiger partial charge in [-0.25, -0.2) is 0 Å². The summed E-state index contributed by atoms with van der Waals surface area (Å²) in [5.41, 5.74) is 0.927. The van der Waals surface area contributed by atoms with Gasteiger partial charge < -0.3 is 9.32 Å². The van der Waals surface area contributed by atoms with Crippen LogP contribution in [0.5, 0.6) is 0 Å². The molecular formula is C22H23N5O2S.